The molecule has 0 bridgehead atoms. The highest BCUT2D eigenvalue weighted by Crippen LogP contribution is 2.26. The molecule has 0 radical (unpaired) electrons. The molecule has 5 nitrogen and oxygen atoms in total. The molecular weight excluding hydrogens is 371 g/mol. The summed E-state index contributed by atoms with van der Waals surface area (Å²) in [6.07, 6.45) is 14.4. The summed E-state index contributed by atoms with van der Waals surface area (Å²) in [5.74, 6) is 1.12. The summed E-state index contributed by atoms with van der Waals surface area (Å²) in [7, 11) is 0. The fourth-order valence-electron chi connectivity index (χ4n) is 3.92. The number of carbonyl (C=O) groups is 1. The molecule has 2 saturated carbocycles. The van der Waals surface area contributed by atoms with Gasteiger partial charge in [0, 0.05) is 36.6 Å². The zero-order valence-electron chi connectivity index (χ0n) is 15.3. The molecule has 2 aliphatic carbocycles. The van der Waals surface area contributed by atoms with Crippen molar-refractivity contribution in [2.75, 3.05) is 11.9 Å². The third-order valence-electron chi connectivity index (χ3n) is 5.47. The van der Waals surface area contributed by atoms with E-state index >= 15 is 0 Å². The fraction of sp³-hybridized carbons (Fsp3) is 0.684. The number of hydrogen-bond donors (Lipinski definition) is 3. The maximum atomic E-state index is 12.3. The molecule has 0 atom stereocenters. The van der Waals surface area contributed by atoms with E-state index in [2.05, 4.69) is 21.2 Å². The Balaban J connectivity index is 0.00000169. The monoisotopic (exact) mass is 402 g/mol. The van der Waals surface area contributed by atoms with Gasteiger partial charge in [-0.3, -0.25) is 20.6 Å². The lowest BCUT2D eigenvalue weighted by Gasteiger charge is -2.30. The van der Waals surface area contributed by atoms with Gasteiger partial charge in [0.15, 0.2) is 0 Å². The highest BCUT2D eigenvalue weighted by molar-refractivity contribution is 5.92. The van der Waals surface area contributed by atoms with Gasteiger partial charge < -0.3 is 5.32 Å². The molecule has 1 aromatic rings. The van der Waals surface area contributed by atoms with Crippen molar-refractivity contribution in [3.8, 4) is 0 Å². The van der Waals surface area contributed by atoms with Crippen molar-refractivity contribution >= 4 is 36.4 Å². The second kappa shape index (κ2) is 12.5. The lowest BCUT2D eigenvalue weighted by atomic mass is 9.85. The van der Waals surface area contributed by atoms with Gasteiger partial charge in [-0.2, -0.15) is 0 Å². The zero-order valence-corrected chi connectivity index (χ0v) is 16.9. The van der Waals surface area contributed by atoms with Crippen LogP contribution < -0.4 is 16.2 Å². The normalized spacial score (nSPS) is 23.4. The van der Waals surface area contributed by atoms with Gasteiger partial charge in [0.2, 0.25) is 5.91 Å². The number of rotatable bonds is 6. The Kier molecular flexibility index (Phi) is 11.1. The Morgan fingerprint density at radius 2 is 1.62 bits per heavy atom. The van der Waals surface area contributed by atoms with Gasteiger partial charge in [0.1, 0.15) is 0 Å². The first-order valence-corrected chi connectivity index (χ1v) is 9.50. The number of nitrogens with one attached hydrogen (secondary N) is 3. The summed E-state index contributed by atoms with van der Waals surface area (Å²) < 4.78 is 0. The molecule has 148 valence electrons. The van der Waals surface area contributed by atoms with Crippen LogP contribution in [0.3, 0.4) is 0 Å². The first-order chi connectivity index (χ1) is 11.8. The van der Waals surface area contributed by atoms with Crippen molar-refractivity contribution in [1.29, 1.82) is 0 Å². The fourth-order valence-corrected chi connectivity index (χ4v) is 3.92. The zero-order chi connectivity index (χ0) is 16.6. The van der Waals surface area contributed by atoms with Crippen molar-refractivity contribution < 1.29 is 4.79 Å². The van der Waals surface area contributed by atoms with E-state index in [1.807, 2.05) is 12.1 Å². The van der Waals surface area contributed by atoms with Gasteiger partial charge in [-0.15, -0.1) is 24.8 Å². The molecule has 0 saturated heterocycles. The summed E-state index contributed by atoms with van der Waals surface area (Å²) >= 11 is 0. The van der Waals surface area contributed by atoms with Crippen LogP contribution in [0.1, 0.15) is 57.8 Å². The summed E-state index contributed by atoms with van der Waals surface area (Å²) in [5.41, 5.74) is 7.78. The number of carbonyl (C=O) groups excluding carboxylic acids is 1. The molecule has 3 rings (SSSR count). The molecule has 3 N–H and O–H groups in total. The molecule has 0 spiro atoms. The summed E-state index contributed by atoms with van der Waals surface area (Å²) in [4.78, 5) is 16.3. The number of aromatic nitrogens is 1. The van der Waals surface area contributed by atoms with Crippen LogP contribution in [-0.2, 0) is 4.79 Å². The molecule has 7 heteroatoms. The average molecular weight is 403 g/mol. The standard InChI is InChI=1S/C19H30N4O.2ClH/c24-19(22-17-10-12-20-13-11-17)16-6-8-18(9-7-16)23-21-14-15-4-2-1-3-5-15;;/h10-13,15-16,18,21,23H,1-9,14H2,(H,20,22,24);2*1H/t16-,18-;;. The molecular formula is C19H32Cl2N4O. The van der Waals surface area contributed by atoms with E-state index in [1.54, 1.807) is 12.4 Å². The molecule has 1 aromatic heterocycles. The maximum Gasteiger partial charge on any atom is 0.227 e. The van der Waals surface area contributed by atoms with Crippen LogP contribution in [-0.4, -0.2) is 23.5 Å². The number of anilines is 1. The van der Waals surface area contributed by atoms with Crippen molar-refractivity contribution in [2.45, 2.75) is 63.8 Å². The van der Waals surface area contributed by atoms with E-state index in [1.165, 1.54) is 32.1 Å². The second-order valence-electron chi connectivity index (χ2n) is 7.30. The number of amides is 1. The Hall–Kier alpha value is -0.880. The smallest absolute Gasteiger partial charge is 0.227 e. The number of nitrogens with zero attached hydrogens (tertiary/aromatic N) is 1. The Bertz CT molecular complexity index is 504. The van der Waals surface area contributed by atoms with E-state index in [0.717, 1.165) is 43.8 Å². The molecule has 0 unspecified atom stereocenters. The average Bonchev–Trinajstić information content (AvgIpc) is 2.64. The van der Waals surface area contributed by atoms with Crippen LogP contribution in [0.4, 0.5) is 5.69 Å². The van der Waals surface area contributed by atoms with Gasteiger partial charge in [0.25, 0.3) is 0 Å². The highest BCUT2D eigenvalue weighted by atomic mass is 35.5. The summed E-state index contributed by atoms with van der Waals surface area (Å²) in [6.45, 7) is 1.09. The molecule has 2 aliphatic rings. The third-order valence-corrected chi connectivity index (χ3v) is 5.47. The molecule has 2 fully saturated rings. The van der Waals surface area contributed by atoms with E-state index in [9.17, 15) is 4.79 Å². The topological polar surface area (TPSA) is 66.0 Å². The largest absolute Gasteiger partial charge is 0.326 e. The predicted molar refractivity (Wildman–Crippen MR) is 111 cm³/mol. The molecule has 0 aromatic carbocycles. The number of hydrazine groups is 1. The Morgan fingerprint density at radius 1 is 0.962 bits per heavy atom. The Labute approximate surface area is 169 Å². The van der Waals surface area contributed by atoms with Crippen LogP contribution >= 0.6 is 24.8 Å². The van der Waals surface area contributed by atoms with E-state index in [4.69, 9.17) is 0 Å². The minimum absolute atomic E-state index is 0. The minimum atomic E-state index is 0. The highest BCUT2D eigenvalue weighted by Gasteiger charge is 2.26. The van der Waals surface area contributed by atoms with Crippen molar-refractivity contribution in [3.05, 3.63) is 24.5 Å². The second-order valence-corrected chi connectivity index (χ2v) is 7.30. The van der Waals surface area contributed by atoms with Gasteiger partial charge in [-0.25, -0.2) is 0 Å². The van der Waals surface area contributed by atoms with Crippen LogP contribution in [0, 0.1) is 11.8 Å². The third kappa shape index (κ3) is 7.39. The van der Waals surface area contributed by atoms with Crippen molar-refractivity contribution in [3.63, 3.8) is 0 Å². The summed E-state index contributed by atoms with van der Waals surface area (Å²) in [6, 6.07) is 4.17. The molecule has 1 heterocycles. The minimum Gasteiger partial charge on any atom is -0.326 e. The van der Waals surface area contributed by atoms with Crippen molar-refractivity contribution in [1.82, 2.24) is 15.8 Å². The van der Waals surface area contributed by atoms with Gasteiger partial charge >= 0.3 is 0 Å². The molecule has 26 heavy (non-hydrogen) atoms. The quantitative estimate of drug-likeness (QED) is 0.626. The van der Waals surface area contributed by atoms with Gasteiger partial charge in [-0.1, -0.05) is 19.3 Å². The van der Waals surface area contributed by atoms with Crippen LogP contribution in [0.25, 0.3) is 0 Å². The molecule has 1 amide bonds. The van der Waals surface area contributed by atoms with Crippen LogP contribution in [0.2, 0.25) is 0 Å². The van der Waals surface area contributed by atoms with E-state index < -0.39 is 0 Å². The first-order valence-electron chi connectivity index (χ1n) is 9.50. The number of halogens is 2. The summed E-state index contributed by atoms with van der Waals surface area (Å²) in [5, 5.41) is 3.00. The van der Waals surface area contributed by atoms with E-state index in [-0.39, 0.29) is 36.6 Å². The maximum absolute atomic E-state index is 12.3. The Morgan fingerprint density at radius 3 is 2.27 bits per heavy atom. The van der Waals surface area contributed by atoms with Gasteiger partial charge in [-0.05, 0) is 56.6 Å². The van der Waals surface area contributed by atoms with Crippen molar-refractivity contribution in [2.24, 2.45) is 11.8 Å². The SMILES string of the molecule is Cl.Cl.O=C(Nc1ccncc1)[C@H]1CC[C@H](NNCC2CCCCC2)CC1. The number of hydrogen-bond acceptors (Lipinski definition) is 4. The predicted octanol–water partition coefficient (Wildman–Crippen LogP) is 4.10. The van der Waals surface area contributed by atoms with Gasteiger partial charge in [0.05, 0.1) is 0 Å². The lowest BCUT2D eigenvalue weighted by molar-refractivity contribution is -0.120. The first kappa shape index (κ1) is 23.2. The van der Waals surface area contributed by atoms with E-state index in [0.29, 0.717) is 6.04 Å². The molecule has 0 aliphatic heterocycles. The van der Waals surface area contributed by atoms with Crippen LogP contribution in [0.15, 0.2) is 24.5 Å². The lowest BCUT2D eigenvalue weighted by Crippen LogP contribution is -2.45. The van der Waals surface area contributed by atoms with Crippen LogP contribution in [0.5, 0.6) is 0 Å². The number of pyridine rings is 1.